The Morgan fingerprint density at radius 3 is 3.12 bits per heavy atom. The van der Waals surface area contributed by atoms with Crippen LogP contribution >= 0.6 is 0 Å². The van der Waals surface area contributed by atoms with Crippen LogP contribution in [0, 0.1) is 0 Å². The summed E-state index contributed by atoms with van der Waals surface area (Å²) < 4.78 is 5.29. The molecule has 17 heavy (non-hydrogen) atoms. The van der Waals surface area contributed by atoms with Crippen LogP contribution in [0.1, 0.15) is 35.6 Å². The Balaban J connectivity index is 2.02. The summed E-state index contributed by atoms with van der Waals surface area (Å²) in [4.78, 5) is 7.36. The molecule has 88 valence electrons. The van der Waals surface area contributed by atoms with Gasteiger partial charge < -0.3 is 9.72 Å². The van der Waals surface area contributed by atoms with E-state index in [1.807, 2.05) is 12.3 Å². The van der Waals surface area contributed by atoms with Crippen LogP contribution in [0.25, 0.3) is 0 Å². The summed E-state index contributed by atoms with van der Waals surface area (Å²) in [6, 6.07) is 6.41. The number of ether oxygens (including phenoxy) is 1. The lowest BCUT2D eigenvalue weighted by atomic mass is 9.81. The molecule has 0 saturated heterocycles. The van der Waals surface area contributed by atoms with Crippen LogP contribution in [0.15, 0.2) is 30.7 Å². The van der Waals surface area contributed by atoms with Crippen LogP contribution in [-0.4, -0.2) is 17.1 Å². The summed E-state index contributed by atoms with van der Waals surface area (Å²) in [6.07, 6.45) is 7.26. The van der Waals surface area contributed by atoms with Crippen molar-refractivity contribution in [3.8, 4) is 5.75 Å². The first-order valence-corrected chi connectivity index (χ1v) is 6.03. The molecule has 1 heterocycles. The molecule has 1 N–H and O–H groups in total. The van der Waals surface area contributed by atoms with Crippen molar-refractivity contribution >= 4 is 0 Å². The van der Waals surface area contributed by atoms with Gasteiger partial charge in [0.15, 0.2) is 0 Å². The number of aromatic amines is 1. The van der Waals surface area contributed by atoms with Gasteiger partial charge in [-0.3, -0.25) is 0 Å². The third-order valence-electron chi connectivity index (χ3n) is 3.56. The van der Waals surface area contributed by atoms with Crippen LogP contribution in [0.2, 0.25) is 0 Å². The van der Waals surface area contributed by atoms with Crippen molar-refractivity contribution < 1.29 is 4.74 Å². The summed E-state index contributed by atoms with van der Waals surface area (Å²) in [5.41, 5.74) is 4.05. The fourth-order valence-electron chi connectivity index (χ4n) is 2.70. The van der Waals surface area contributed by atoms with E-state index in [4.69, 9.17) is 4.74 Å². The van der Waals surface area contributed by atoms with E-state index < -0.39 is 0 Å². The number of nitrogens with zero attached hydrogens (tertiary/aromatic N) is 1. The molecule has 0 aliphatic heterocycles. The summed E-state index contributed by atoms with van der Waals surface area (Å²) in [6.45, 7) is 0. The first-order valence-electron chi connectivity index (χ1n) is 6.03. The Labute approximate surface area is 101 Å². The van der Waals surface area contributed by atoms with Crippen LogP contribution in [0.4, 0.5) is 0 Å². The van der Waals surface area contributed by atoms with Gasteiger partial charge in [0, 0.05) is 17.8 Å². The second kappa shape index (κ2) is 4.24. The number of fused-ring (bicyclic) bond motifs is 1. The lowest BCUT2D eigenvalue weighted by Gasteiger charge is -2.25. The van der Waals surface area contributed by atoms with E-state index in [0.717, 1.165) is 12.2 Å². The minimum atomic E-state index is 0.465. The van der Waals surface area contributed by atoms with Gasteiger partial charge in [-0.15, -0.1) is 0 Å². The topological polar surface area (TPSA) is 37.9 Å². The van der Waals surface area contributed by atoms with Crippen LogP contribution < -0.4 is 4.74 Å². The number of imidazole rings is 1. The smallest absolute Gasteiger partial charge is 0.119 e. The molecule has 0 amide bonds. The van der Waals surface area contributed by atoms with E-state index in [0.29, 0.717) is 5.92 Å². The number of H-pyrrole nitrogens is 1. The lowest BCUT2D eigenvalue weighted by molar-refractivity contribution is 0.413. The highest BCUT2D eigenvalue weighted by atomic mass is 16.5. The fraction of sp³-hybridized carbons (Fsp3) is 0.357. The Morgan fingerprint density at radius 1 is 1.41 bits per heavy atom. The Morgan fingerprint density at radius 2 is 2.35 bits per heavy atom. The van der Waals surface area contributed by atoms with Gasteiger partial charge in [-0.1, -0.05) is 6.07 Å². The van der Waals surface area contributed by atoms with Gasteiger partial charge in [0.25, 0.3) is 0 Å². The van der Waals surface area contributed by atoms with Crippen LogP contribution in [0.5, 0.6) is 5.75 Å². The van der Waals surface area contributed by atoms with Crippen LogP contribution in [0.3, 0.4) is 0 Å². The highest BCUT2D eigenvalue weighted by Crippen LogP contribution is 2.37. The minimum Gasteiger partial charge on any atom is -0.497 e. The van der Waals surface area contributed by atoms with E-state index in [1.54, 1.807) is 13.4 Å². The summed E-state index contributed by atoms with van der Waals surface area (Å²) in [5, 5.41) is 0. The molecule has 1 aromatic heterocycles. The minimum absolute atomic E-state index is 0.465. The molecule has 3 rings (SSSR count). The van der Waals surface area contributed by atoms with Crippen LogP contribution in [-0.2, 0) is 6.42 Å². The van der Waals surface area contributed by atoms with Gasteiger partial charge in [0.05, 0.1) is 13.4 Å². The summed E-state index contributed by atoms with van der Waals surface area (Å²) >= 11 is 0. The molecule has 0 fully saturated rings. The van der Waals surface area contributed by atoms with E-state index in [1.165, 1.54) is 29.7 Å². The van der Waals surface area contributed by atoms with Gasteiger partial charge in [-0.2, -0.15) is 0 Å². The maximum atomic E-state index is 5.29. The fourth-order valence-corrected chi connectivity index (χ4v) is 2.70. The number of hydrogen-bond donors (Lipinski definition) is 1. The summed E-state index contributed by atoms with van der Waals surface area (Å²) in [7, 11) is 1.72. The second-order valence-corrected chi connectivity index (χ2v) is 4.52. The van der Waals surface area contributed by atoms with E-state index in [2.05, 4.69) is 22.1 Å². The quantitative estimate of drug-likeness (QED) is 0.858. The average Bonchev–Trinajstić information content (AvgIpc) is 2.91. The second-order valence-electron chi connectivity index (χ2n) is 4.52. The maximum Gasteiger partial charge on any atom is 0.119 e. The molecule has 1 aromatic carbocycles. The predicted octanol–water partition coefficient (Wildman–Crippen LogP) is 2.89. The lowest BCUT2D eigenvalue weighted by Crippen LogP contribution is -2.11. The maximum absolute atomic E-state index is 5.29. The van der Waals surface area contributed by atoms with Crippen molar-refractivity contribution in [2.24, 2.45) is 0 Å². The largest absolute Gasteiger partial charge is 0.497 e. The molecule has 3 nitrogen and oxygen atoms in total. The first kappa shape index (κ1) is 10.4. The molecule has 0 radical (unpaired) electrons. The van der Waals surface area contributed by atoms with Crippen molar-refractivity contribution in [3.05, 3.63) is 47.5 Å². The van der Waals surface area contributed by atoms with E-state index in [9.17, 15) is 0 Å². The number of rotatable bonds is 2. The highest BCUT2D eigenvalue weighted by molar-refractivity contribution is 5.42. The number of aryl methyl sites for hydroxylation is 1. The molecule has 1 aliphatic carbocycles. The third kappa shape index (κ3) is 1.82. The Hall–Kier alpha value is -1.77. The molecule has 1 atom stereocenters. The van der Waals surface area contributed by atoms with E-state index in [-0.39, 0.29) is 0 Å². The average molecular weight is 228 g/mol. The normalized spacial score (nSPS) is 18.8. The molecular weight excluding hydrogens is 212 g/mol. The van der Waals surface area contributed by atoms with Crippen molar-refractivity contribution in [2.45, 2.75) is 25.2 Å². The van der Waals surface area contributed by atoms with Gasteiger partial charge in [0.2, 0.25) is 0 Å². The molecule has 0 saturated carbocycles. The third-order valence-corrected chi connectivity index (χ3v) is 3.56. The van der Waals surface area contributed by atoms with Gasteiger partial charge >= 0.3 is 0 Å². The predicted molar refractivity (Wildman–Crippen MR) is 66.4 cm³/mol. The highest BCUT2D eigenvalue weighted by Gasteiger charge is 2.22. The molecule has 1 aliphatic rings. The number of benzene rings is 1. The SMILES string of the molecule is COc1ccc2c(c1)CCC[C@H]2c1cnc[nH]1. The summed E-state index contributed by atoms with van der Waals surface area (Å²) in [5.74, 6) is 1.42. The number of aromatic nitrogens is 2. The Bertz CT molecular complexity index is 505. The zero-order valence-corrected chi connectivity index (χ0v) is 9.94. The van der Waals surface area contributed by atoms with E-state index >= 15 is 0 Å². The number of nitrogens with one attached hydrogen (secondary N) is 1. The molecule has 2 aromatic rings. The molecule has 0 unspecified atom stereocenters. The molecule has 3 heteroatoms. The number of methoxy groups -OCH3 is 1. The van der Waals surface area contributed by atoms with Crippen molar-refractivity contribution in [2.75, 3.05) is 7.11 Å². The first-order chi connectivity index (χ1) is 8.38. The monoisotopic (exact) mass is 228 g/mol. The van der Waals surface area contributed by atoms with Crippen molar-refractivity contribution in [3.63, 3.8) is 0 Å². The number of hydrogen-bond acceptors (Lipinski definition) is 2. The van der Waals surface area contributed by atoms with Gasteiger partial charge in [-0.25, -0.2) is 4.98 Å². The zero-order valence-electron chi connectivity index (χ0n) is 9.94. The van der Waals surface area contributed by atoms with Gasteiger partial charge in [0.1, 0.15) is 5.75 Å². The molecule has 0 bridgehead atoms. The standard InChI is InChI=1S/C14H16N2O/c1-17-11-5-6-12-10(7-11)3-2-4-13(12)14-8-15-9-16-14/h5-9,13H,2-4H2,1H3,(H,15,16)/t13-/m1/s1. The zero-order chi connectivity index (χ0) is 11.7. The molecule has 0 spiro atoms. The molecular formula is C14H16N2O. The van der Waals surface area contributed by atoms with Crippen molar-refractivity contribution in [1.29, 1.82) is 0 Å². The van der Waals surface area contributed by atoms with Gasteiger partial charge in [-0.05, 0) is 42.5 Å². The Kier molecular flexibility index (Phi) is 2.59. The van der Waals surface area contributed by atoms with Crippen molar-refractivity contribution in [1.82, 2.24) is 9.97 Å².